The molecule has 0 aliphatic rings. The Morgan fingerprint density at radius 2 is 2.38 bits per heavy atom. The van der Waals surface area contributed by atoms with Crippen molar-refractivity contribution in [3.8, 4) is 0 Å². The summed E-state index contributed by atoms with van der Waals surface area (Å²) in [7, 11) is 0. The van der Waals surface area contributed by atoms with Crippen LogP contribution in [0.1, 0.15) is 6.92 Å². The molecule has 0 bridgehead atoms. The molecule has 84 valence electrons. The van der Waals surface area contributed by atoms with Crippen LogP contribution in [-0.4, -0.2) is 16.3 Å². The number of carbonyl (C=O) groups is 1. The van der Waals surface area contributed by atoms with Gasteiger partial charge in [0.1, 0.15) is 16.7 Å². The zero-order valence-corrected chi connectivity index (χ0v) is 9.90. The van der Waals surface area contributed by atoms with Gasteiger partial charge in [-0.25, -0.2) is 9.37 Å². The molecular formula is C10H8ClFN2OS. The number of nitrogens with one attached hydrogen (secondary N) is 1. The zero-order valence-electron chi connectivity index (χ0n) is 8.33. The van der Waals surface area contributed by atoms with Gasteiger partial charge in [0.15, 0.2) is 5.13 Å². The van der Waals surface area contributed by atoms with E-state index in [2.05, 4.69) is 10.3 Å². The summed E-state index contributed by atoms with van der Waals surface area (Å²) in [5.74, 6) is -0.741. The Hall–Kier alpha value is -1.20. The molecule has 1 amide bonds. The minimum atomic E-state index is -0.642. The summed E-state index contributed by atoms with van der Waals surface area (Å²) in [6.45, 7) is 1.56. The number of thiazole rings is 1. The summed E-state index contributed by atoms with van der Waals surface area (Å²) < 4.78 is 14.0. The number of aromatic nitrogens is 1. The topological polar surface area (TPSA) is 42.0 Å². The second kappa shape index (κ2) is 4.35. The Labute approximate surface area is 100 Å². The fourth-order valence-corrected chi connectivity index (χ4v) is 2.11. The number of rotatable bonds is 2. The van der Waals surface area contributed by atoms with Crippen molar-refractivity contribution in [1.82, 2.24) is 4.98 Å². The molecule has 16 heavy (non-hydrogen) atoms. The smallest absolute Gasteiger partial charge is 0.243 e. The van der Waals surface area contributed by atoms with Gasteiger partial charge in [0.2, 0.25) is 5.91 Å². The fourth-order valence-electron chi connectivity index (χ4n) is 1.17. The van der Waals surface area contributed by atoms with Gasteiger partial charge >= 0.3 is 0 Å². The highest BCUT2D eigenvalue weighted by Gasteiger charge is 2.13. The van der Waals surface area contributed by atoms with Gasteiger partial charge in [-0.2, -0.15) is 0 Å². The Balaban J connectivity index is 2.33. The van der Waals surface area contributed by atoms with Gasteiger partial charge in [-0.1, -0.05) is 17.4 Å². The molecule has 0 saturated heterocycles. The first-order valence-corrected chi connectivity index (χ1v) is 5.83. The number of benzene rings is 1. The molecule has 2 aromatic rings. The SMILES string of the molecule is C[C@H](Cl)C(=O)Nc1nc2c(F)cccc2s1. The number of alkyl halides is 1. The number of hydrogen-bond donors (Lipinski definition) is 1. The first-order valence-electron chi connectivity index (χ1n) is 4.58. The number of para-hydroxylation sites is 1. The molecule has 0 radical (unpaired) electrons. The molecule has 6 heteroatoms. The third-order valence-corrected chi connectivity index (χ3v) is 3.10. The fraction of sp³-hybridized carbons (Fsp3) is 0.200. The van der Waals surface area contributed by atoms with E-state index in [4.69, 9.17) is 11.6 Å². The molecule has 0 unspecified atom stereocenters. The molecule has 0 aliphatic heterocycles. The number of halogens is 2. The largest absolute Gasteiger partial charge is 0.301 e. The van der Waals surface area contributed by atoms with Crippen LogP contribution < -0.4 is 5.32 Å². The number of anilines is 1. The third kappa shape index (κ3) is 2.15. The monoisotopic (exact) mass is 258 g/mol. The van der Waals surface area contributed by atoms with Crippen LogP contribution in [0, 0.1) is 5.82 Å². The number of hydrogen-bond acceptors (Lipinski definition) is 3. The van der Waals surface area contributed by atoms with E-state index in [0.717, 1.165) is 0 Å². The Morgan fingerprint density at radius 3 is 3.00 bits per heavy atom. The van der Waals surface area contributed by atoms with Crippen LogP contribution in [0.5, 0.6) is 0 Å². The molecule has 3 nitrogen and oxygen atoms in total. The maximum absolute atomic E-state index is 13.3. The van der Waals surface area contributed by atoms with Gasteiger partial charge in [-0.3, -0.25) is 4.79 Å². The van der Waals surface area contributed by atoms with Gasteiger partial charge in [0, 0.05) is 0 Å². The second-order valence-electron chi connectivity index (χ2n) is 3.21. The first-order chi connectivity index (χ1) is 7.58. The molecule has 2 rings (SSSR count). The molecule has 0 aliphatic carbocycles. The van der Waals surface area contributed by atoms with E-state index in [1.165, 1.54) is 17.4 Å². The molecule has 1 N–H and O–H groups in total. The van der Waals surface area contributed by atoms with Crippen LogP contribution in [0.15, 0.2) is 18.2 Å². The minimum Gasteiger partial charge on any atom is -0.301 e. The Bertz CT molecular complexity index is 541. The van der Waals surface area contributed by atoms with Crippen molar-refractivity contribution in [3.05, 3.63) is 24.0 Å². The third-order valence-electron chi connectivity index (χ3n) is 1.96. The predicted molar refractivity (Wildman–Crippen MR) is 63.5 cm³/mol. The Kier molecular flexibility index (Phi) is 3.07. The molecular weight excluding hydrogens is 251 g/mol. The molecule has 1 aromatic carbocycles. The van der Waals surface area contributed by atoms with Gasteiger partial charge in [-0.05, 0) is 19.1 Å². The quantitative estimate of drug-likeness (QED) is 0.842. The van der Waals surface area contributed by atoms with Crippen molar-refractivity contribution in [1.29, 1.82) is 0 Å². The highest BCUT2D eigenvalue weighted by molar-refractivity contribution is 7.22. The van der Waals surface area contributed by atoms with E-state index in [0.29, 0.717) is 9.83 Å². The lowest BCUT2D eigenvalue weighted by Crippen LogP contribution is -2.20. The first kappa shape index (κ1) is 11.3. The molecule has 1 aromatic heterocycles. The van der Waals surface area contributed by atoms with Crippen molar-refractivity contribution < 1.29 is 9.18 Å². The molecule has 0 spiro atoms. The molecule has 0 fully saturated rings. The van der Waals surface area contributed by atoms with Crippen LogP contribution >= 0.6 is 22.9 Å². The van der Waals surface area contributed by atoms with Crippen LogP contribution in [0.4, 0.5) is 9.52 Å². The second-order valence-corrected chi connectivity index (χ2v) is 4.90. The summed E-state index contributed by atoms with van der Waals surface area (Å²) in [5, 5.41) is 2.24. The van der Waals surface area contributed by atoms with E-state index in [1.807, 2.05) is 0 Å². The highest BCUT2D eigenvalue weighted by Crippen LogP contribution is 2.27. The standard InChI is InChI=1S/C10H8ClFN2OS/c1-5(11)9(15)14-10-13-8-6(12)3-2-4-7(8)16-10/h2-5H,1H3,(H,13,14,15)/t5-/m0/s1. The predicted octanol–water partition coefficient (Wildman–Crippen LogP) is 3.00. The molecule has 0 saturated carbocycles. The lowest BCUT2D eigenvalue weighted by Gasteiger charge is -2.01. The van der Waals surface area contributed by atoms with E-state index in [-0.39, 0.29) is 11.4 Å². The summed E-state index contributed by atoms with van der Waals surface area (Å²) in [4.78, 5) is 15.3. The minimum absolute atomic E-state index is 0.269. The van der Waals surface area contributed by atoms with Crippen LogP contribution in [-0.2, 0) is 4.79 Å². The van der Waals surface area contributed by atoms with Crippen LogP contribution in [0.2, 0.25) is 0 Å². The highest BCUT2D eigenvalue weighted by atomic mass is 35.5. The van der Waals surface area contributed by atoms with Gasteiger partial charge < -0.3 is 5.32 Å². The number of nitrogens with zero attached hydrogens (tertiary/aromatic N) is 1. The van der Waals surface area contributed by atoms with Crippen molar-refractivity contribution in [2.24, 2.45) is 0 Å². The molecule has 1 heterocycles. The average Bonchev–Trinajstić information content (AvgIpc) is 2.61. The average molecular weight is 259 g/mol. The van der Waals surface area contributed by atoms with Gasteiger partial charge in [-0.15, -0.1) is 11.6 Å². The summed E-state index contributed by atoms with van der Waals surface area (Å²) >= 11 is 6.81. The van der Waals surface area contributed by atoms with Crippen LogP contribution in [0.25, 0.3) is 10.2 Å². The van der Waals surface area contributed by atoms with E-state index in [1.54, 1.807) is 19.1 Å². The number of amides is 1. The van der Waals surface area contributed by atoms with Crippen molar-refractivity contribution >= 4 is 44.2 Å². The zero-order chi connectivity index (χ0) is 11.7. The van der Waals surface area contributed by atoms with E-state index < -0.39 is 11.2 Å². The van der Waals surface area contributed by atoms with Crippen LogP contribution in [0.3, 0.4) is 0 Å². The maximum Gasteiger partial charge on any atom is 0.243 e. The number of carbonyl (C=O) groups excluding carboxylic acids is 1. The van der Waals surface area contributed by atoms with Gasteiger partial charge in [0.25, 0.3) is 0 Å². The van der Waals surface area contributed by atoms with Crippen molar-refractivity contribution in [3.63, 3.8) is 0 Å². The van der Waals surface area contributed by atoms with E-state index >= 15 is 0 Å². The summed E-state index contributed by atoms with van der Waals surface area (Å²) in [6.07, 6.45) is 0. The van der Waals surface area contributed by atoms with Crippen molar-refractivity contribution in [2.45, 2.75) is 12.3 Å². The lowest BCUT2D eigenvalue weighted by atomic mass is 10.3. The summed E-state index contributed by atoms with van der Waals surface area (Å²) in [6, 6.07) is 4.68. The number of fused-ring (bicyclic) bond motifs is 1. The normalized spacial score (nSPS) is 12.7. The Morgan fingerprint density at radius 1 is 1.62 bits per heavy atom. The van der Waals surface area contributed by atoms with E-state index in [9.17, 15) is 9.18 Å². The summed E-state index contributed by atoms with van der Waals surface area (Å²) in [5.41, 5.74) is 0.269. The van der Waals surface area contributed by atoms with Crippen molar-refractivity contribution in [2.75, 3.05) is 5.32 Å². The maximum atomic E-state index is 13.3. The molecule has 1 atom stereocenters. The lowest BCUT2D eigenvalue weighted by molar-refractivity contribution is -0.115. The van der Waals surface area contributed by atoms with Gasteiger partial charge in [0.05, 0.1) is 4.70 Å².